The van der Waals surface area contributed by atoms with Crippen molar-refractivity contribution < 1.29 is 4.74 Å². The lowest BCUT2D eigenvalue weighted by molar-refractivity contribution is -0.0776. The van der Waals surface area contributed by atoms with Gasteiger partial charge in [-0.1, -0.05) is 30.3 Å². The molecule has 14 heavy (non-hydrogen) atoms. The molecule has 0 spiro atoms. The molecule has 0 aliphatic carbocycles. The Morgan fingerprint density at radius 2 is 2.00 bits per heavy atom. The minimum Gasteiger partial charge on any atom is -0.366 e. The van der Waals surface area contributed by atoms with Gasteiger partial charge in [0.15, 0.2) is 0 Å². The fraction of sp³-hybridized carbons (Fsp3) is 0.500. The molecule has 2 heteroatoms. The van der Waals surface area contributed by atoms with Crippen LogP contribution in [0, 0.1) is 0 Å². The van der Waals surface area contributed by atoms with E-state index in [9.17, 15) is 0 Å². The molecule has 1 atom stereocenters. The summed E-state index contributed by atoms with van der Waals surface area (Å²) in [6, 6.07) is 10.7. The molecule has 0 amide bonds. The zero-order valence-electron chi connectivity index (χ0n) is 8.86. The van der Waals surface area contributed by atoms with Gasteiger partial charge in [-0.2, -0.15) is 0 Å². The van der Waals surface area contributed by atoms with Crippen LogP contribution in [0.1, 0.15) is 18.9 Å². The third-order valence-corrected chi connectivity index (χ3v) is 3.26. The van der Waals surface area contributed by atoms with Crippen LogP contribution in [0.4, 0.5) is 0 Å². The van der Waals surface area contributed by atoms with Crippen molar-refractivity contribution in [3.63, 3.8) is 0 Å². The van der Waals surface area contributed by atoms with E-state index in [1.54, 1.807) is 0 Å². The van der Waals surface area contributed by atoms with Gasteiger partial charge in [0, 0.05) is 5.54 Å². The van der Waals surface area contributed by atoms with Crippen LogP contribution >= 0.6 is 0 Å². The molecule has 0 saturated carbocycles. The Bertz CT molecular complexity index is 298. The number of nitrogens with zero attached hydrogens (tertiary/aromatic N) is 1. The van der Waals surface area contributed by atoms with E-state index in [1.165, 1.54) is 5.56 Å². The average Bonchev–Trinajstić information content (AvgIpc) is 2.24. The van der Waals surface area contributed by atoms with Crippen LogP contribution in [0.15, 0.2) is 30.3 Å². The standard InChI is InChI=1S/C12H17NO/c1-12(8-9-14-10-13(12)2)11-6-4-3-5-7-11/h3-7H,8-10H2,1-2H3. The van der Waals surface area contributed by atoms with E-state index >= 15 is 0 Å². The fourth-order valence-corrected chi connectivity index (χ4v) is 1.97. The molecule has 1 aliphatic heterocycles. The van der Waals surface area contributed by atoms with Gasteiger partial charge in [0.1, 0.15) is 0 Å². The number of hydrogen-bond acceptors (Lipinski definition) is 2. The maximum absolute atomic E-state index is 5.42. The van der Waals surface area contributed by atoms with Gasteiger partial charge in [0.25, 0.3) is 0 Å². The zero-order valence-corrected chi connectivity index (χ0v) is 8.86. The van der Waals surface area contributed by atoms with Crippen molar-refractivity contribution in [1.82, 2.24) is 4.90 Å². The Kier molecular flexibility index (Phi) is 2.57. The van der Waals surface area contributed by atoms with E-state index in [0.29, 0.717) is 0 Å². The summed E-state index contributed by atoms with van der Waals surface area (Å²) in [5, 5.41) is 0. The van der Waals surface area contributed by atoms with Gasteiger partial charge >= 0.3 is 0 Å². The van der Waals surface area contributed by atoms with Crippen molar-refractivity contribution in [1.29, 1.82) is 0 Å². The van der Waals surface area contributed by atoms with Gasteiger partial charge in [-0.15, -0.1) is 0 Å². The minimum atomic E-state index is 0.138. The molecule has 1 fully saturated rings. The molecule has 1 aliphatic rings. The van der Waals surface area contributed by atoms with E-state index in [4.69, 9.17) is 4.74 Å². The monoisotopic (exact) mass is 191 g/mol. The molecule has 1 aromatic carbocycles. The largest absolute Gasteiger partial charge is 0.366 e. The minimum absolute atomic E-state index is 0.138. The maximum Gasteiger partial charge on any atom is 0.0994 e. The third-order valence-electron chi connectivity index (χ3n) is 3.26. The molecule has 1 saturated heterocycles. The molecule has 76 valence electrons. The Morgan fingerprint density at radius 3 is 2.64 bits per heavy atom. The van der Waals surface area contributed by atoms with E-state index in [2.05, 4.69) is 49.2 Å². The molecule has 1 unspecified atom stereocenters. The second-order valence-corrected chi connectivity index (χ2v) is 4.13. The lowest BCUT2D eigenvalue weighted by Crippen LogP contribution is -2.47. The first-order valence-electron chi connectivity index (χ1n) is 5.08. The van der Waals surface area contributed by atoms with Gasteiger partial charge < -0.3 is 4.74 Å². The van der Waals surface area contributed by atoms with E-state index in [-0.39, 0.29) is 5.54 Å². The highest BCUT2D eigenvalue weighted by Crippen LogP contribution is 2.32. The molecule has 2 rings (SSSR count). The highest BCUT2D eigenvalue weighted by atomic mass is 16.5. The third kappa shape index (κ3) is 1.56. The Morgan fingerprint density at radius 1 is 1.29 bits per heavy atom. The number of ether oxygens (including phenoxy) is 1. The van der Waals surface area contributed by atoms with Crippen LogP contribution in [0.5, 0.6) is 0 Å². The highest BCUT2D eigenvalue weighted by Gasteiger charge is 2.33. The second kappa shape index (κ2) is 3.71. The van der Waals surface area contributed by atoms with Gasteiger partial charge in [0.05, 0.1) is 13.3 Å². The Labute approximate surface area is 85.5 Å². The quantitative estimate of drug-likeness (QED) is 0.675. The Hall–Kier alpha value is -0.860. The molecule has 1 aromatic rings. The maximum atomic E-state index is 5.42. The lowest BCUT2D eigenvalue weighted by atomic mass is 9.87. The second-order valence-electron chi connectivity index (χ2n) is 4.13. The first-order valence-corrected chi connectivity index (χ1v) is 5.08. The summed E-state index contributed by atoms with van der Waals surface area (Å²) < 4.78 is 5.42. The SMILES string of the molecule is CN1COCCC1(C)c1ccccc1. The van der Waals surface area contributed by atoms with Crippen molar-refractivity contribution in [2.45, 2.75) is 18.9 Å². The van der Waals surface area contributed by atoms with E-state index in [1.807, 2.05) is 0 Å². The van der Waals surface area contributed by atoms with Crippen molar-refractivity contribution in [3.05, 3.63) is 35.9 Å². The van der Waals surface area contributed by atoms with Crippen LogP contribution in [0.3, 0.4) is 0 Å². The number of hydrogen-bond donors (Lipinski definition) is 0. The van der Waals surface area contributed by atoms with E-state index < -0.39 is 0 Å². The smallest absolute Gasteiger partial charge is 0.0994 e. The molecule has 0 bridgehead atoms. The van der Waals surface area contributed by atoms with Crippen molar-refractivity contribution in [2.24, 2.45) is 0 Å². The molecule has 0 aromatic heterocycles. The topological polar surface area (TPSA) is 12.5 Å². The predicted octanol–water partition coefficient (Wildman–Crippen LogP) is 2.21. The average molecular weight is 191 g/mol. The van der Waals surface area contributed by atoms with Crippen LogP contribution in [0.2, 0.25) is 0 Å². The highest BCUT2D eigenvalue weighted by molar-refractivity contribution is 5.23. The summed E-state index contributed by atoms with van der Waals surface area (Å²) in [7, 11) is 2.12. The van der Waals surface area contributed by atoms with Crippen LogP contribution in [-0.2, 0) is 10.3 Å². The zero-order chi connectivity index (χ0) is 10.0. The molecular weight excluding hydrogens is 174 g/mol. The molecule has 1 heterocycles. The molecule has 0 N–H and O–H groups in total. The number of rotatable bonds is 1. The lowest BCUT2D eigenvalue weighted by Gasteiger charge is -2.42. The van der Waals surface area contributed by atoms with Crippen molar-refractivity contribution in [2.75, 3.05) is 20.4 Å². The summed E-state index contributed by atoms with van der Waals surface area (Å²) >= 11 is 0. The summed E-state index contributed by atoms with van der Waals surface area (Å²) in [4.78, 5) is 2.27. The van der Waals surface area contributed by atoms with Crippen molar-refractivity contribution >= 4 is 0 Å². The molecule has 0 radical (unpaired) electrons. The van der Waals surface area contributed by atoms with Crippen molar-refractivity contribution in [3.8, 4) is 0 Å². The van der Waals surface area contributed by atoms with Crippen LogP contribution < -0.4 is 0 Å². The van der Waals surface area contributed by atoms with Gasteiger partial charge in [-0.3, -0.25) is 4.90 Å². The predicted molar refractivity (Wildman–Crippen MR) is 57.0 cm³/mol. The van der Waals surface area contributed by atoms with Crippen LogP contribution in [0.25, 0.3) is 0 Å². The fourth-order valence-electron chi connectivity index (χ4n) is 1.97. The summed E-state index contributed by atoms with van der Waals surface area (Å²) in [5.41, 5.74) is 1.52. The molecule has 2 nitrogen and oxygen atoms in total. The number of benzene rings is 1. The first-order chi connectivity index (χ1) is 6.73. The van der Waals surface area contributed by atoms with Gasteiger partial charge in [0.2, 0.25) is 0 Å². The summed E-state index contributed by atoms with van der Waals surface area (Å²) in [5.74, 6) is 0. The normalized spacial score (nSPS) is 29.0. The summed E-state index contributed by atoms with van der Waals surface area (Å²) in [6.07, 6.45) is 1.06. The summed E-state index contributed by atoms with van der Waals surface area (Å²) in [6.45, 7) is 3.87. The van der Waals surface area contributed by atoms with Crippen LogP contribution in [-0.4, -0.2) is 25.3 Å². The Balaban J connectivity index is 2.30. The molecular formula is C12H17NO. The van der Waals surface area contributed by atoms with Gasteiger partial charge in [-0.05, 0) is 26.0 Å². The first kappa shape index (κ1) is 9.69. The van der Waals surface area contributed by atoms with E-state index in [0.717, 1.165) is 19.8 Å². The van der Waals surface area contributed by atoms with Gasteiger partial charge in [-0.25, -0.2) is 0 Å².